The van der Waals surface area contributed by atoms with E-state index in [2.05, 4.69) is 15.1 Å². The van der Waals surface area contributed by atoms with Crippen molar-refractivity contribution in [3.63, 3.8) is 0 Å². The van der Waals surface area contributed by atoms with Crippen LogP contribution in [0.2, 0.25) is 0 Å². The minimum absolute atomic E-state index is 0.0842. The lowest BCUT2D eigenvalue weighted by molar-refractivity contribution is -0.394. The van der Waals surface area contributed by atoms with Crippen molar-refractivity contribution >= 4 is 23.1 Å². The number of carbonyl (C=O) groups is 1. The molecule has 34 heavy (non-hydrogen) atoms. The summed E-state index contributed by atoms with van der Waals surface area (Å²) in [6.45, 7) is 7.24. The SMILES string of the molecule is Cc1cc(C)n(-c2cc(N3CCN(C(=O)c4cc([N+](=O)[O-])cc([N+](=O)[O-])c4)CC3)nc(C)n2)n1. The number of nitrogens with zero attached hydrogens (tertiary/aromatic N) is 8. The topological polar surface area (TPSA) is 153 Å². The largest absolute Gasteiger partial charge is 0.353 e. The van der Waals surface area contributed by atoms with Crippen LogP contribution in [0.25, 0.3) is 5.82 Å². The van der Waals surface area contributed by atoms with Gasteiger partial charge in [0, 0.05) is 50.1 Å². The lowest BCUT2D eigenvalue weighted by Crippen LogP contribution is -2.49. The second-order valence-electron chi connectivity index (χ2n) is 8.00. The van der Waals surface area contributed by atoms with Crippen molar-refractivity contribution < 1.29 is 14.6 Å². The number of rotatable bonds is 5. The number of carbonyl (C=O) groups excluding carboxylic acids is 1. The summed E-state index contributed by atoms with van der Waals surface area (Å²) >= 11 is 0. The molecule has 1 aliphatic rings. The average Bonchev–Trinajstić information content (AvgIpc) is 3.15. The van der Waals surface area contributed by atoms with Crippen LogP contribution in [0.4, 0.5) is 17.2 Å². The van der Waals surface area contributed by atoms with Crippen LogP contribution in [0.5, 0.6) is 0 Å². The quantitative estimate of drug-likeness (QED) is 0.407. The first-order valence-corrected chi connectivity index (χ1v) is 10.5. The van der Waals surface area contributed by atoms with Crippen LogP contribution in [0, 0.1) is 41.0 Å². The Bertz CT molecular complexity index is 1260. The number of aromatic nitrogens is 4. The van der Waals surface area contributed by atoms with Gasteiger partial charge in [0.25, 0.3) is 17.3 Å². The normalized spacial score (nSPS) is 13.7. The van der Waals surface area contributed by atoms with Crippen LogP contribution in [0.3, 0.4) is 0 Å². The first kappa shape index (κ1) is 22.8. The van der Waals surface area contributed by atoms with Gasteiger partial charge in [-0.1, -0.05) is 0 Å². The molecule has 4 rings (SSSR count). The molecule has 13 nitrogen and oxygen atoms in total. The van der Waals surface area contributed by atoms with Crippen molar-refractivity contribution in [2.75, 3.05) is 31.1 Å². The third-order valence-electron chi connectivity index (χ3n) is 5.50. The Morgan fingerprint density at radius 3 is 1.97 bits per heavy atom. The number of anilines is 1. The van der Waals surface area contributed by atoms with E-state index in [1.165, 1.54) is 4.90 Å². The Hall–Kier alpha value is -4.42. The maximum atomic E-state index is 13.0. The van der Waals surface area contributed by atoms with Gasteiger partial charge >= 0.3 is 0 Å². The first-order chi connectivity index (χ1) is 16.1. The fraction of sp³-hybridized carbons (Fsp3) is 0.333. The molecular formula is C21H22N8O5. The molecule has 1 amide bonds. The fourth-order valence-corrected chi connectivity index (χ4v) is 3.92. The Balaban J connectivity index is 1.52. The summed E-state index contributed by atoms with van der Waals surface area (Å²) in [6, 6.07) is 6.77. The van der Waals surface area contributed by atoms with E-state index < -0.39 is 27.1 Å². The molecule has 3 aromatic rings. The van der Waals surface area contributed by atoms with Gasteiger partial charge in [0.2, 0.25) is 0 Å². The number of piperazine rings is 1. The van der Waals surface area contributed by atoms with Crippen molar-refractivity contribution in [1.82, 2.24) is 24.6 Å². The molecule has 0 bridgehead atoms. The molecule has 2 aromatic heterocycles. The molecule has 13 heteroatoms. The van der Waals surface area contributed by atoms with Gasteiger partial charge in [-0.05, 0) is 26.8 Å². The van der Waals surface area contributed by atoms with E-state index >= 15 is 0 Å². The minimum atomic E-state index is -0.750. The lowest BCUT2D eigenvalue weighted by atomic mass is 10.1. The molecule has 1 fully saturated rings. The predicted molar refractivity (Wildman–Crippen MR) is 121 cm³/mol. The number of nitro benzene ring substituents is 2. The van der Waals surface area contributed by atoms with Gasteiger partial charge < -0.3 is 9.80 Å². The molecule has 3 heterocycles. The molecule has 0 radical (unpaired) electrons. The third-order valence-corrected chi connectivity index (χ3v) is 5.50. The van der Waals surface area contributed by atoms with Gasteiger partial charge in [-0.15, -0.1) is 0 Å². The predicted octanol–water partition coefficient (Wildman–Crippen LogP) is 2.37. The summed E-state index contributed by atoms with van der Waals surface area (Å²) in [5, 5.41) is 26.8. The van der Waals surface area contributed by atoms with Crippen LogP contribution >= 0.6 is 0 Å². The molecule has 1 saturated heterocycles. The lowest BCUT2D eigenvalue weighted by Gasteiger charge is -2.35. The molecular weight excluding hydrogens is 444 g/mol. The van der Waals surface area contributed by atoms with Crippen LogP contribution in [-0.4, -0.2) is 66.6 Å². The maximum absolute atomic E-state index is 13.0. The Morgan fingerprint density at radius 1 is 0.853 bits per heavy atom. The molecule has 0 spiro atoms. The van der Waals surface area contributed by atoms with E-state index in [0.29, 0.717) is 43.6 Å². The van der Waals surface area contributed by atoms with Gasteiger partial charge in [0.05, 0.1) is 27.2 Å². The Kier molecular flexibility index (Phi) is 5.92. The Morgan fingerprint density at radius 2 is 1.44 bits per heavy atom. The van der Waals surface area contributed by atoms with Gasteiger partial charge in [0.1, 0.15) is 11.6 Å². The van der Waals surface area contributed by atoms with Crippen LogP contribution in [0.15, 0.2) is 30.3 Å². The first-order valence-electron chi connectivity index (χ1n) is 10.5. The van der Waals surface area contributed by atoms with Gasteiger partial charge in [-0.3, -0.25) is 25.0 Å². The van der Waals surface area contributed by atoms with Crippen molar-refractivity contribution in [3.8, 4) is 5.82 Å². The number of hydrogen-bond donors (Lipinski definition) is 0. The molecule has 0 N–H and O–H groups in total. The fourth-order valence-electron chi connectivity index (χ4n) is 3.92. The average molecular weight is 466 g/mol. The van der Waals surface area contributed by atoms with Gasteiger partial charge in [-0.2, -0.15) is 5.10 Å². The molecule has 1 aromatic carbocycles. The van der Waals surface area contributed by atoms with E-state index in [0.717, 1.165) is 29.6 Å². The molecule has 0 unspecified atom stereocenters. The van der Waals surface area contributed by atoms with Crippen molar-refractivity contribution in [2.45, 2.75) is 20.8 Å². The van der Waals surface area contributed by atoms with Gasteiger partial charge in [-0.25, -0.2) is 14.6 Å². The maximum Gasteiger partial charge on any atom is 0.277 e. The zero-order valence-corrected chi connectivity index (χ0v) is 18.8. The second-order valence-corrected chi connectivity index (χ2v) is 8.00. The third kappa shape index (κ3) is 4.53. The van der Waals surface area contributed by atoms with Crippen LogP contribution in [0.1, 0.15) is 27.6 Å². The number of hydrogen-bond acceptors (Lipinski definition) is 9. The Labute approximate surface area is 193 Å². The highest BCUT2D eigenvalue weighted by molar-refractivity contribution is 5.95. The number of non-ortho nitro benzene ring substituents is 2. The molecule has 0 atom stereocenters. The summed E-state index contributed by atoms with van der Waals surface area (Å²) < 4.78 is 1.75. The van der Waals surface area contributed by atoms with Crippen molar-refractivity contribution in [2.24, 2.45) is 0 Å². The smallest absolute Gasteiger partial charge is 0.277 e. The molecule has 176 valence electrons. The molecule has 1 aliphatic heterocycles. The number of benzene rings is 1. The minimum Gasteiger partial charge on any atom is -0.353 e. The van der Waals surface area contributed by atoms with E-state index in [9.17, 15) is 25.0 Å². The van der Waals surface area contributed by atoms with E-state index in [1.807, 2.05) is 30.9 Å². The highest BCUT2D eigenvalue weighted by Crippen LogP contribution is 2.25. The van der Waals surface area contributed by atoms with Crippen molar-refractivity contribution in [1.29, 1.82) is 0 Å². The van der Waals surface area contributed by atoms with Gasteiger partial charge in [0.15, 0.2) is 5.82 Å². The summed E-state index contributed by atoms with van der Waals surface area (Å²) in [5.41, 5.74) is 0.750. The van der Waals surface area contributed by atoms with E-state index in [4.69, 9.17) is 0 Å². The number of aryl methyl sites for hydroxylation is 3. The molecule has 0 aliphatic carbocycles. The zero-order chi connectivity index (χ0) is 24.6. The van der Waals surface area contributed by atoms with Crippen molar-refractivity contribution in [3.05, 3.63) is 73.3 Å². The zero-order valence-electron chi connectivity index (χ0n) is 18.8. The number of amides is 1. The summed E-state index contributed by atoms with van der Waals surface area (Å²) in [6.07, 6.45) is 0. The monoisotopic (exact) mass is 466 g/mol. The standard InChI is InChI=1S/C21H22N8O5/c1-13-8-14(2)27(24-13)20-12-19(22-15(3)23-20)25-4-6-26(7-5-25)21(30)16-9-17(28(31)32)11-18(10-16)29(33)34/h8-12H,4-7H2,1-3H3. The molecule has 0 saturated carbocycles. The number of nitro groups is 2. The summed E-state index contributed by atoms with van der Waals surface area (Å²) in [4.78, 5) is 46.3. The van der Waals surface area contributed by atoms with Crippen LogP contribution < -0.4 is 4.90 Å². The summed E-state index contributed by atoms with van der Waals surface area (Å²) in [7, 11) is 0. The van der Waals surface area contributed by atoms with E-state index in [1.54, 1.807) is 11.6 Å². The second kappa shape index (κ2) is 8.84. The summed E-state index contributed by atoms with van der Waals surface area (Å²) in [5.74, 6) is 1.44. The van der Waals surface area contributed by atoms with E-state index in [-0.39, 0.29) is 5.56 Å². The van der Waals surface area contributed by atoms with Crippen LogP contribution in [-0.2, 0) is 0 Å². The highest BCUT2D eigenvalue weighted by Gasteiger charge is 2.27. The highest BCUT2D eigenvalue weighted by atomic mass is 16.6.